The van der Waals surface area contributed by atoms with E-state index in [1.165, 1.54) is 29.2 Å². The Morgan fingerprint density at radius 3 is 2.55 bits per heavy atom. The molecule has 14 heteroatoms. The Labute approximate surface area is 217 Å². The number of carbonyl (C=O) groups excluding carboxylic acids is 1. The third-order valence-corrected chi connectivity index (χ3v) is 7.72. The van der Waals surface area contributed by atoms with Crippen molar-refractivity contribution in [2.75, 3.05) is 13.1 Å². The van der Waals surface area contributed by atoms with E-state index >= 15 is 0 Å². The molecule has 0 aliphatic carbocycles. The molecule has 2 aliphatic heterocycles. The van der Waals surface area contributed by atoms with Crippen LogP contribution in [0.4, 0.5) is 22.0 Å². The minimum Gasteiger partial charge on any atom is -0.387 e. The summed E-state index contributed by atoms with van der Waals surface area (Å²) in [4.78, 5) is 23.9. The lowest BCUT2D eigenvalue weighted by Crippen LogP contribution is -2.46. The number of thiazole rings is 1. The van der Waals surface area contributed by atoms with Crippen LogP contribution >= 0.6 is 11.3 Å². The number of halogens is 5. The third-order valence-electron chi connectivity index (χ3n) is 6.69. The molecule has 38 heavy (non-hydrogen) atoms. The second-order valence-electron chi connectivity index (χ2n) is 9.25. The molecule has 5 rings (SSSR count). The summed E-state index contributed by atoms with van der Waals surface area (Å²) in [5.41, 5.74) is -1.56. The van der Waals surface area contributed by atoms with E-state index in [1.54, 1.807) is 5.38 Å². The van der Waals surface area contributed by atoms with Gasteiger partial charge < -0.3 is 14.8 Å². The monoisotopic (exact) mass is 555 g/mol. The number of amides is 1. The molecule has 1 saturated heterocycles. The quantitative estimate of drug-likeness (QED) is 0.474. The molecule has 202 valence electrons. The summed E-state index contributed by atoms with van der Waals surface area (Å²) < 4.78 is 67.9. The average Bonchev–Trinajstić information content (AvgIpc) is 3.60. The number of aliphatic hydroxyl groups is 1. The number of rotatable bonds is 5. The van der Waals surface area contributed by atoms with Crippen LogP contribution in [0.1, 0.15) is 53.0 Å². The van der Waals surface area contributed by atoms with Crippen molar-refractivity contribution in [3.05, 3.63) is 68.9 Å². The summed E-state index contributed by atoms with van der Waals surface area (Å²) in [5.74, 6) is -1.87. The van der Waals surface area contributed by atoms with Gasteiger partial charge in [-0.1, -0.05) is 11.2 Å². The van der Waals surface area contributed by atoms with Crippen molar-refractivity contribution >= 4 is 23.0 Å². The van der Waals surface area contributed by atoms with E-state index in [0.717, 1.165) is 22.9 Å². The molecule has 1 atom stereocenters. The lowest BCUT2D eigenvalue weighted by atomic mass is 9.92. The first-order valence-electron chi connectivity index (χ1n) is 11.7. The number of piperidine rings is 1. The molecule has 2 aliphatic rings. The third kappa shape index (κ3) is 5.01. The smallest absolute Gasteiger partial charge is 0.387 e. The van der Waals surface area contributed by atoms with E-state index in [4.69, 9.17) is 4.84 Å². The van der Waals surface area contributed by atoms with Gasteiger partial charge in [0.05, 0.1) is 11.3 Å². The normalized spacial score (nSPS) is 19.4. The summed E-state index contributed by atoms with van der Waals surface area (Å²) in [5, 5.41) is 20.7. The number of alkyl halides is 3. The Morgan fingerprint density at radius 1 is 1.24 bits per heavy atom. The highest BCUT2D eigenvalue weighted by molar-refractivity contribution is 7.10. The van der Waals surface area contributed by atoms with Crippen molar-refractivity contribution in [2.24, 2.45) is 5.16 Å². The van der Waals surface area contributed by atoms with Gasteiger partial charge in [-0.25, -0.2) is 13.8 Å². The van der Waals surface area contributed by atoms with Crippen molar-refractivity contribution in [3.63, 3.8) is 0 Å². The Kier molecular flexibility index (Phi) is 6.71. The fourth-order valence-electron chi connectivity index (χ4n) is 4.50. The molecule has 0 radical (unpaired) electrons. The van der Waals surface area contributed by atoms with Crippen LogP contribution in [0.25, 0.3) is 0 Å². The Hall–Kier alpha value is -3.39. The van der Waals surface area contributed by atoms with E-state index in [2.05, 4.69) is 15.2 Å². The van der Waals surface area contributed by atoms with Gasteiger partial charge in [-0.15, -0.1) is 11.3 Å². The van der Waals surface area contributed by atoms with Gasteiger partial charge in [0.1, 0.15) is 34.5 Å². The number of benzene rings is 1. The van der Waals surface area contributed by atoms with Gasteiger partial charge in [-0.2, -0.15) is 18.3 Å². The van der Waals surface area contributed by atoms with Gasteiger partial charge in [0.15, 0.2) is 11.8 Å². The second-order valence-corrected chi connectivity index (χ2v) is 10.1. The number of carbonyl (C=O) groups is 1. The summed E-state index contributed by atoms with van der Waals surface area (Å²) in [7, 11) is 0. The number of hydrogen-bond donors (Lipinski definition) is 1. The SMILES string of the molecule is Cc1cc(C(F)(F)F)nn1CC(=O)N1CCC(O)(c2nc(C3=NOC(c4c(F)cccc4F)C3)cs2)CC1. The Balaban J connectivity index is 1.20. The van der Waals surface area contributed by atoms with Crippen LogP contribution in [0.15, 0.2) is 34.8 Å². The summed E-state index contributed by atoms with van der Waals surface area (Å²) in [6, 6.07) is 4.43. The highest BCUT2D eigenvalue weighted by atomic mass is 32.1. The number of likely N-dealkylation sites (tertiary alicyclic amines) is 1. The molecule has 1 aromatic carbocycles. The molecule has 4 heterocycles. The first-order chi connectivity index (χ1) is 17.9. The molecule has 2 aromatic heterocycles. The summed E-state index contributed by atoms with van der Waals surface area (Å²) in [6.45, 7) is 1.45. The second kappa shape index (κ2) is 9.73. The fourth-order valence-corrected chi connectivity index (χ4v) is 5.49. The van der Waals surface area contributed by atoms with Gasteiger partial charge >= 0.3 is 6.18 Å². The first-order valence-corrected chi connectivity index (χ1v) is 12.6. The largest absolute Gasteiger partial charge is 0.435 e. The lowest BCUT2D eigenvalue weighted by molar-refractivity contribution is -0.142. The van der Waals surface area contributed by atoms with Gasteiger partial charge in [-0.05, 0) is 25.1 Å². The molecule has 0 saturated carbocycles. The Bertz CT molecular complexity index is 1370. The molecule has 3 aromatic rings. The standard InChI is InChI=1S/C24H22F5N5O3S/c1-13-9-19(24(27,28)29)31-34(13)11-20(35)33-7-5-23(36,6-8-33)22-30-17(12-38-22)16-10-18(37-32-16)21-14(25)3-2-4-15(21)26/h2-4,9,12,18,36H,5-8,10-11H2,1H3. The van der Waals surface area contributed by atoms with E-state index in [9.17, 15) is 31.9 Å². The van der Waals surface area contributed by atoms with Gasteiger partial charge in [0, 0.05) is 43.4 Å². The van der Waals surface area contributed by atoms with Crippen molar-refractivity contribution in [2.45, 2.75) is 50.6 Å². The predicted octanol–water partition coefficient (Wildman–Crippen LogP) is 4.32. The average molecular weight is 556 g/mol. The summed E-state index contributed by atoms with van der Waals surface area (Å²) in [6.07, 6.45) is -5.09. The van der Waals surface area contributed by atoms with Crippen LogP contribution in [0.3, 0.4) is 0 Å². The zero-order valence-corrected chi connectivity index (χ0v) is 20.8. The lowest BCUT2D eigenvalue weighted by Gasteiger charge is -2.37. The maximum atomic E-state index is 14.1. The van der Waals surface area contributed by atoms with Gasteiger partial charge in [0.2, 0.25) is 5.91 Å². The molecule has 8 nitrogen and oxygen atoms in total. The van der Waals surface area contributed by atoms with E-state index in [0.29, 0.717) is 16.4 Å². The first kappa shape index (κ1) is 26.2. The highest BCUT2D eigenvalue weighted by Crippen LogP contribution is 2.37. The van der Waals surface area contributed by atoms with E-state index in [-0.39, 0.29) is 50.2 Å². The molecule has 1 amide bonds. The molecule has 1 unspecified atom stereocenters. The molecule has 1 N–H and O–H groups in total. The number of aromatic nitrogens is 3. The maximum absolute atomic E-state index is 14.1. The number of hydrogen-bond acceptors (Lipinski definition) is 7. The molecular weight excluding hydrogens is 533 g/mol. The fraction of sp³-hybridized carbons (Fsp3) is 0.417. The van der Waals surface area contributed by atoms with Crippen LogP contribution in [0, 0.1) is 18.6 Å². The molecule has 0 bridgehead atoms. The topological polar surface area (TPSA) is 92.8 Å². The highest BCUT2D eigenvalue weighted by Gasteiger charge is 2.39. The van der Waals surface area contributed by atoms with Gasteiger partial charge in [0.25, 0.3) is 0 Å². The van der Waals surface area contributed by atoms with Crippen LogP contribution in [0.2, 0.25) is 0 Å². The number of oxime groups is 1. The maximum Gasteiger partial charge on any atom is 0.435 e. The van der Waals surface area contributed by atoms with Crippen LogP contribution in [0.5, 0.6) is 0 Å². The molecule has 0 spiro atoms. The van der Waals surface area contributed by atoms with Crippen molar-refractivity contribution in [1.82, 2.24) is 19.7 Å². The van der Waals surface area contributed by atoms with E-state index in [1.807, 2.05) is 0 Å². The molecule has 1 fully saturated rings. The minimum absolute atomic E-state index is 0.102. The van der Waals surface area contributed by atoms with Crippen molar-refractivity contribution < 1.29 is 36.7 Å². The van der Waals surface area contributed by atoms with Crippen LogP contribution in [-0.4, -0.2) is 49.5 Å². The van der Waals surface area contributed by atoms with Gasteiger partial charge in [-0.3, -0.25) is 9.48 Å². The predicted molar refractivity (Wildman–Crippen MR) is 125 cm³/mol. The number of nitrogens with zero attached hydrogens (tertiary/aromatic N) is 5. The summed E-state index contributed by atoms with van der Waals surface area (Å²) >= 11 is 1.19. The van der Waals surface area contributed by atoms with Crippen LogP contribution in [-0.2, 0) is 28.0 Å². The zero-order valence-electron chi connectivity index (χ0n) is 20.0. The minimum atomic E-state index is -4.60. The Morgan fingerprint density at radius 2 is 1.92 bits per heavy atom. The number of aryl methyl sites for hydroxylation is 1. The molecular formula is C24H22F5N5O3S. The van der Waals surface area contributed by atoms with Crippen LogP contribution < -0.4 is 0 Å². The zero-order chi connectivity index (χ0) is 27.2. The van der Waals surface area contributed by atoms with Crippen molar-refractivity contribution in [3.8, 4) is 0 Å². The van der Waals surface area contributed by atoms with E-state index < -0.39 is 41.1 Å². The van der Waals surface area contributed by atoms with Crippen molar-refractivity contribution in [1.29, 1.82) is 0 Å².